The molecule has 0 aliphatic rings. The Kier molecular flexibility index (Phi) is 6.16. The first-order valence-electron chi connectivity index (χ1n) is 8.12. The molecule has 0 unspecified atom stereocenters. The first-order valence-corrected chi connectivity index (χ1v) is 9.11. The highest BCUT2D eigenvalue weighted by molar-refractivity contribution is 7.98. The van der Waals surface area contributed by atoms with Crippen molar-refractivity contribution in [3.05, 3.63) is 88.1 Å². The van der Waals surface area contributed by atoms with Crippen LogP contribution in [0.2, 0.25) is 0 Å². The van der Waals surface area contributed by atoms with Crippen molar-refractivity contribution in [1.82, 2.24) is 20.3 Å². The minimum absolute atomic E-state index is 0.0512. The van der Waals surface area contributed by atoms with Crippen LogP contribution in [0.25, 0.3) is 0 Å². The van der Waals surface area contributed by atoms with E-state index in [4.69, 9.17) is 0 Å². The maximum Gasteiger partial charge on any atom is 0.251 e. The fraction of sp³-hybridized carbons (Fsp3) is 0.158. The maximum absolute atomic E-state index is 12.1. The first-order chi connectivity index (χ1) is 12.7. The molecule has 0 fully saturated rings. The average Bonchev–Trinajstić information content (AvgIpc) is 2.66. The molecule has 6 nitrogen and oxygen atoms in total. The second-order valence-electron chi connectivity index (χ2n) is 5.59. The van der Waals surface area contributed by atoms with Gasteiger partial charge in [-0.1, -0.05) is 48.2 Å². The van der Waals surface area contributed by atoms with Gasteiger partial charge in [-0.25, -0.2) is 4.98 Å². The molecule has 0 atom stereocenters. The van der Waals surface area contributed by atoms with E-state index in [2.05, 4.69) is 20.3 Å². The van der Waals surface area contributed by atoms with Crippen LogP contribution >= 0.6 is 11.8 Å². The monoisotopic (exact) mass is 366 g/mol. The van der Waals surface area contributed by atoms with Crippen LogP contribution in [0.1, 0.15) is 17.0 Å². The van der Waals surface area contributed by atoms with Gasteiger partial charge in [0, 0.05) is 18.0 Å². The molecule has 1 amide bonds. The molecule has 1 aromatic carbocycles. The molecule has 3 aromatic rings. The lowest BCUT2D eigenvalue weighted by atomic mass is 10.2. The zero-order valence-electron chi connectivity index (χ0n) is 14.0. The number of pyridine rings is 1. The minimum Gasteiger partial charge on any atom is -0.350 e. The number of aromatic nitrogens is 3. The van der Waals surface area contributed by atoms with Crippen molar-refractivity contribution in [3.8, 4) is 0 Å². The van der Waals surface area contributed by atoms with Crippen LogP contribution in [0.3, 0.4) is 0 Å². The van der Waals surface area contributed by atoms with Gasteiger partial charge in [0.15, 0.2) is 5.16 Å². The lowest BCUT2D eigenvalue weighted by molar-refractivity contribution is -0.120. The Balaban J connectivity index is 1.58. The summed E-state index contributed by atoms with van der Waals surface area (Å²) in [5.74, 6) is 0.492. The third kappa shape index (κ3) is 5.56. The summed E-state index contributed by atoms with van der Waals surface area (Å²) in [7, 11) is 0. The Labute approximate surface area is 155 Å². The Morgan fingerprint density at radius 2 is 1.88 bits per heavy atom. The number of rotatable bonds is 7. The summed E-state index contributed by atoms with van der Waals surface area (Å²) in [4.78, 5) is 35.2. The van der Waals surface area contributed by atoms with Gasteiger partial charge in [-0.2, -0.15) is 0 Å². The van der Waals surface area contributed by atoms with Gasteiger partial charge in [0.2, 0.25) is 5.91 Å². The molecule has 0 bridgehead atoms. The van der Waals surface area contributed by atoms with Crippen LogP contribution in [-0.4, -0.2) is 20.9 Å². The number of carbonyl (C=O) groups excluding carboxylic acids is 1. The molecule has 7 heteroatoms. The highest BCUT2D eigenvalue weighted by Gasteiger charge is 2.08. The van der Waals surface area contributed by atoms with E-state index in [0.29, 0.717) is 23.1 Å². The molecule has 0 aliphatic heterocycles. The van der Waals surface area contributed by atoms with E-state index < -0.39 is 0 Å². The molecule has 0 aliphatic carbocycles. The quantitative estimate of drug-likeness (QED) is 0.495. The summed E-state index contributed by atoms with van der Waals surface area (Å²) in [6, 6.07) is 16.8. The molecular formula is C19H18N4O2S. The number of amides is 1. The molecule has 2 heterocycles. The van der Waals surface area contributed by atoms with Crippen molar-refractivity contribution < 1.29 is 4.79 Å². The van der Waals surface area contributed by atoms with E-state index in [1.165, 1.54) is 17.8 Å². The Morgan fingerprint density at radius 1 is 1.08 bits per heavy atom. The van der Waals surface area contributed by atoms with E-state index in [9.17, 15) is 9.59 Å². The number of thioether (sulfide) groups is 1. The molecule has 0 spiro atoms. The molecular weight excluding hydrogens is 348 g/mol. The average molecular weight is 366 g/mol. The third-order valence-electron chi connectivity index (χ3n) is 3.53. The van der Waals surface area contributed by atoms with Gasteiger partial charge in [-0.05, 0) is 17.7 Å². The number of nitrogens with zero attached hydrogens (tertiary/aromatic N) is 2. The van der Waals surface area contributed by atoms with Gasteiger partial charge in [-0.15, -0.1) is 0 Å². The summed E-state index contributed by atoms with van der Waals surface area (Å²) >= 11 is 1.43. The lowest BCUT2D eigenvalue weighted by Crippen LogP contribution is -2.26. The fourth-order valence-electron chi connectivity index (χ4n) is 2.29. The highest BCUT2D eigenvalue weighted by atomic mass is 32.2. The molecule has 26 heavy (non-hydrogen) atoms. The standard InChI is InChI=1S/C19H18N4O2S/c24-17(21-12-15-8-4-5-9-20-15)10-16-11-18(25)23-19(22-16)26-13-14-6-2-1-3-7-14/h1-9,11H,10,12-13H2,(H,21,24)(H,22,23,25). The van der Waals surface area contributed by atoms with Gasteiger partial charge < -0.3 is 10.3 Å². The number of H-pyrrole nitrogens is 1. The van der Waals surface area contributed by atoms with E-state index in [1.807, 2.05) is 48.5 Å². The van der Waals surface area contributed by atoms with E-state index in [1.54, 1.807) is 6.20 Å². The van der Waals surface area contributed by atoms with Crippen LogP contribution in [0.15, 0.2) is 70.7 Å². The largest absolute Gasteiger partial charge is 0.350 e. The summed E-state index contributed by atoms with van der Waals surface area (Å²) in [6.07, 6.45) is 1.73. The Morgan fingerprint density at radius 3 is 2.65 bits per heavy atom. The number of carbonyl (C=O) groups is 1. The van der Waals surface area contributed by atoms with Crippen molar-refractivity contribution in [2.75, 3.05) is 0 Å². The van der Waals surface area contributed by atoms with E-state index in [0.717, 1.165) is 11.3 Å². The second kappa shape index (κ2) is 8.96. The molecule has 3 rings (SSSR count). The van der Waals surface area contributed by atoms with Crippen LogP contribution in [0.4, 0.5) is 0 Å². The smallest absolute Gasteiger partial charge is 0.251 e. The van der Waals surface area contributed by atoms with Gasteiger partial charge in [0.25, 0.3) is 5.56 Å². The van der Waals surface area contributed by atoms with Crippen LogP contribution in [0.5, 0.6) is 0 Å². The molecule has 2 aromatic heterocycles. The van der Waals surface area contributed by atoms with E-state index in [-0.39, 0.29) is 17.9 Å². The fourth-order valence-corrected chi connectivity index (χ4v) is 3.14. The van der Waals surface area contributed by atoms with Crippen molar-refractivity contribution in [3.63, 3.8) is 0 Å². The predicted octanol–water partition coefficient (Wildman–Crippen LogP) is 2.32. The number of aromatic amines is 1. The predicted molar refractivity (Wildman–Crippen MR) is 101 cm³/mol. The highest BCUT2D eigenvalue weighted by Crippen LogP contribution is 2.18. The zero-order chi connectivity index (χ0) is 18.2. The number of hydrogen-bond acceptors (Lipinski definition) is 5. The minimum atomic E-state index is -0.261. The summed E-state index contributed by atoms with van der Waals surface area (Å²) in [5.41, 5.74) is 2.10. The number of hydrogen-bond donors (Lipinski definition) is 2. The van der Waals surface area contributed by atoms with Gasteiger partial charge in [-0.3, -0.25) is 14.6 Å². The lowest BCUT2D eigenvalue weighted by Gasteiger charge is -2.06. The van der Waals surface area contributed by atoms with Crippen molar-refractivity contribution >= 4 is 17.7 Å². The molecule has 2 N–H and O–H groups in total. The van der Waals surface area contributed by atoms with Crippen molar-refractivity contribution in [2.24, 2.45) is 0 Å². The summed E-state index contributed by atoms with van der Waals surface area (Å²) in [5, 5.41) is 3.29. The summed E-state index contributed by atoms with van der Waals surface area (Å²) < 4.78 is 0. The molecule has 132 valence electrons. The SMILES string of the molecule is O=C(Cc1cc(=O)[nH]c(SCc2ccccc2)n1)NCc1ccccn1. The molecule has 0 radical (unpaired) electrons. The zero-order valence-corrected chi connectivity index (χ0v) is 14.8. The van der Waals surface area contributed by atoms with Crippen molar-refractivity contribution in [2.45, 2.75) is 23.9 Å². The van der Waals surface area contributed by atoms with Crippen molar-refractivity contribution in [1.29, 1.82) is 0 Å². The molecule has 0 saturated carbocycles. The van der Waals surface area contributed by atoms with Crippen LogP contribution in [0, 0.1) is 0 Å². The topological polar surface area (TPSA) is 87.7 Å². The van der Waals surface area contributed by atoms with E-state index >= 15 is 0 Å². The first kappa shape index (κ1) is 17.9. The Bertz CT molecular complexity index is 914. The maximum atomic E-state index is 12.1. The third-order valence-corrected chi connectivity index (χ3v) is 4.47. The van der Waals surface area contributed by atoms with Gasteiger partial charge in [0.1, 0.15) is 0 Å². The molecule has 0 saturated heterocycles. The number of benzene rings is 1. The van der Waals surface area contributed by atoms with Gasteiger partial charge >= 0.3 is 0 Å². The Hall–Kier alpha value is -2.93. The summed E-state index contributed by atoms with van der Waals surface area (Å²) in [6.45, 7) is 0.346. The van der Waals surface area contributed by atoms with Crippen LogP contribution < -0.4 is 10.9 Å². The van der Waals surface area contributed by atoms with Gasteiger partial charge in [0.05, 0.1) is 24.4 Å². The second-order valence-corrected chi connectivity index (χ2v) is 6.55. The number of nitrogens with one attached hydrogen (secondary N) is 2. The van der Waals surface area contributed by atoms with Crippen LogP contribution in [-0.2, 0) is 23.5 Å². The normalized spacial score (nSPS) is 10.5.